The van der Waals surface area contributed by atoms with Crippen LogP contribution in [0.1, 0.15) is 5.69 Å². The van der Waals surface area contributed by atoms with Crippen LogP contribution in [-0.2, 0) is 0 Å². The fourth-order valence-electron chi connectivity index (χ4n) is 2.12. The molecule has 0 bridgehead atoms. The molecule has 0 aliphatic rings. The number of nitrogens with one attached hydrogen (secondary N) is 2. The minimum Gasteiger partial charge on any atom is -0.382 e. The lowest BCUT2D eigenvalue weighted by atomic mass is 10.1. The Balaban J connectivity index is 2.36. The van der Waals surface area contributed by atoms with Crippen LogP contribution in [-0.4, -0.2) is 15.2 Å². The third kappa shape index (κ3) is 1.39. The zero-order valence-corrected chi connectivity index (χ0v) is 9.21. The van der Waals surface area contributed by atoms with Crippen molar-refractivity contribution >= 4 is 16.7 Å². The maximum Gasteiger partial charge on any atom is 0.147 e. The van der Waals surface area contributed by atoms with Crippen molar-refractivity contribution in [2.45, 2.75) is 6.92 Å². The van der Waals surface area contributed by atoms with Gasteiger partial charge in [0.1, 0.15) is 11.6 Å². The summed E-state index contributed by atoms with van der Waals surface area (Å²) in [6.45, 7) is 1.89. The average Bonchev–Trinajstić information content (AvgIpc) is 2.82. The Morgan fingerprint density at radius 2 is 2.18 bits per heavy atom. The lowest BCUT2D eigenvalue weighted by Gasteiger charge is -1.96. The minimum absolute atomic E-state index is 0.260. The first kappa shape index (κ1) is 9.89. The van der Waals surface area contributed by atoms with Crippen LogP contribution in [0.25, 0.3) is 22.2 Å². The van der Waals surface area contributed by atoms with Crippen molar-refractivity contribution in [2.24, 2.45) is 0 Å². The molecular weight excluding hydrogens is 219 g/mol. The van der Waals surface area contributed by atoms with Crippen molar-refractivity contribution in [1.82, 2.24) is 15.2 Å². The highest BCUT2D eigenvalue weighted by atomic mass is 19.1. The van der Waals surface area contributed by atoms with E-state index in [0.717, 1.165) is 22.3 Å². The molecule has 5 heteroatoms. The van der Waals surface area contributed by atoms with Crippen molar-refractivity contribution in [2.75, 3.05) is 5.73 Å². The summed E-state index contributed by atoms with van der Waals surface area (Å²) in [5.41, 5.74) is 8.67. The lowest BCUT2D eigenvalue weighted by Crippen LogP contribution is -1.81. The van der Waals surface area contributed by atoms with Gasteiger partial charge in [-0.1, -0.05) is 12.1 Å². The quantitative estimate of drug-likeness (QED) is 0.601. The van der Waals surface area contributed by atoms with E-state index in [-0.39, 0.29) is 5.82 Å². The van der Waals surface area contributed by atoms with E-state index in [4.69, 9.17) is 5.73 Å². The molecule has 2 heterocycles. The van der Waals surface area contributed by atoms with Crippen molar-refractivity contribution in [3.63, 3.8) is 0 Å². The zero-order chi connectivity index (χ0) is 12.0. The fourth-order valence-corrected chi connectivity index (χ4v) is 2.12. The van der Waals surface area contributed by atoms with Crippen LogP contribution in [0.15, 0.2) is 24.3 Å². The number of nitrogen functional groups attached to an aromatic ring is 1. The van der Waals surface area contributed by atoms with Gasteiger partial charge in [-0.05, 0) is 13.0 Å². The molecule has 17 heavy (non-hydrogen) atoms. The molecule has 0 radical (unpaired) electrons. The average molecular weight is 230 g/mol. The first-order valence-corrected chi connectivity index (χ1v) is 5.25. The highest BCUT2D eigenvalue weighted by Gasteiger charge is 2.14. The number of halogens is 1. The molecule has 0 fully saturated rings. The van der Waals surface area contributed by atoms with Crippen LogP contribution >= 0.6 is 0 Å². The van der Waals surface area contributed by atoms with Crippen LogP contribution in [0.3, 0.4) is 0 Å². The van der Waals surface area contributed by atoms with Gasteiger partial charge in [-0.15, -0.1) is 0 Å². The lowest BCUT2D eigenvalue weighted by molar-refractivity contribution is 0.637. The first-order chi connectivity index (χ1) is 8.16. The number of hydrogen-bond donors (Lipinski definition) is 3. The topological polar surface area (TPSA) is 70.5 Å². The van der Waals surface area contributed by atoms with Crippen molar-refractivity contribution < 1.29 is 4.39 Å². The number of aromatic amines is 2. The van der Waals surface area contributed by atoms with Gasteiger partial charge >= 0.3 is 0 Å². The summed E-state index contributed by atoms with van der Waals surface area (Å²) in [6, 6.07) is 6.73. The first-order valence-electron chi connectivity index (χ1n) is 5.25. The summed E-state index contributed by atoms with van der Waals surface area (Å²) in [7, 11) is 0. The van der Waals surface area contributed by atoms with Crippen LogP contribution < -0.4 is 5.73 Å². The van der Waals surface area contributed by atoms with E-state index in [1.807, 2.05) is 13.0 Å². The molecule has 0 aliphatic heterocycles. The Kier molecular flexibility index (Phi) is 1.95. The number of benzene rings is 1. The van der Waals surface area contributed by atoms with Gasteiger partial charge in [0.15, 0.2) is 0 Å². The monoisotopic (exact) mass is 230 g/mol. The molecule has 0 aliphatic carbocycles. The zero-order valence-electron chi connectivity index (χ0n) is 9.21. The number of anilines is 1. The SMILES string of the molecule is Cc1[nH]c2c(F)cccc2c1-c1cc(N)n[nH]1. The number of aryl methyl sites for hydroxylation is 1. The Morgan fingerprint density at radius 3 is 2.88 bits per heavy atom. The number of H-pyrrole nitrogens is 2. The minimum atomic E-state index is -0.260. The molecule has 2 aromatic heterocycles. The normalized spacial score (nSPS) is 11.2. The summed E-state index contributed by atoms with van der Waals surface area (Å²) in [4.78, 5) is 3.04. The van der Waals surface area contributed by atoms with Crippen molar-refractivity contribution in [3.8, 4) is 11.3 Å². The van der Waals surface area contributed by atoms with Gasteiger partial charge in [0, 0.05) is 22.7 Å². The van der Waals surface area contributed by atoms with Gasteiger partial charge in [-0.2, -0.15) is 5.10 Å². The van der Waals surface area contributed by atoms with Gasteiger partial charge in [-0.3, -0.25) is 5.10 Å². The van der Waals surface area contributed by atoms with E-state index in [9.17, 15) is 4.39 Å². The summed E-state index contributed by atoms with van der Waals surface area (Å²) in [5, 5.41) is 7.56. The fraction of sp³-hybridized carbons (Fsp3) is 0.0833. The van der Waals surface area contributed by atoms with Gasteiger partial charge in [0.2, 0.25) is 0 Å². The second-order valence-corrected chi connectivity index (χ2v) is 3.99. The third-order valence-electron chi connectivity index (χ3n) is 2.84. The largest absolute Gasteiger partial charge is 0.382 e. The summed E-state index contributed by atoms with van der Waals surface area (Å²) in [6.07, 6.45) is 0. The molecule has 3 aromatic rings. The second kappa shape index (κ2) is 3.35. The van der Waals surface area contributed by atoms with E-state index in [0.29, 0.717) is 11.3 Å². The third-order valence-corrected chi connectivity index (χ3v) is 2.84. The maximum absolute atomic E-state index is 13.6. The van der Waals surface area contributed by atoms with Crippen LogP contribution in [0.5, 0.6) is 0 Å². The van der Waals surface area contributed by atoms with E-state index in [1.54, 1.807) is 12.1 Å². The molecular formula is C12H11FN4. The number of rotatable bonds is 1. The predicted molar refractivity (Wildman–Crippen MR) is 65.0 cm³/mol. The number of para-hydroxylation sites is 1. The molecule has 86 valence electrons. The second-order valence-electron chi connectivity index (χ2n) is 3.99. The van der Waals surface area contributed by atoms with E-state index in [2.05, 4.69) is 15.2 Å². The molecule has 0 spiro atoms. The molecule has 0 saturated carbocycles. The van der Waals surface area contributed by atoms with Crippen LogP contribution in [0, 0.1) is 12.7 Å². The molecule has 3 rings (SSSR count). The van der Waals surface area contributed by atoms with E-state index < -0.39 is 0 Å². The van der Waals surface area contributed by atoms with E-state index >= 15 is 0 Å². The molecule has 0 atom stereocenters. The van der Waals surface area contributed by atoms with E-state index in [1.165, 1.54) is 6.07 Å². The molecule has 1 aromatic carbocycles. The van der Waals surface area contributed by atoms with Crippen molar-refractivity contribution in [1.29, 1.82) is 0 Å². The summed E-state index contributed by atoms with van der Waals surface area (Å²) < 4.78 is 13.6. The number of nitrogens with two attached hydrogens (primary N) is 1. The predicted octanol–water partition coefficient (Wildman–Crippen LogP) is 2.59. The summed E-state index contributed by atoms with van der Waals surface area (Å²) >= 11 is 0. The number of aromatic nitrogens is 3. The number of hydrogen-bond acceptors (Lipinski definition) is 2. The highest BCUT2D eigenvalue weighted by Crippen LogP contribution is 2.32. The van der Waals surface area contributed by atoms with Gasteiger partial charge in [-0.25, -0.2) is 4.39 Å². The Hall–Kier alpha value is -2.30. The Bertz CT molecular complexity index is 696. The Labute approximate surface area is 96.6 Å². The molecule has 4 nitrogen and oxygen atoms in total. The van der Waals surface area contributed by atoms with Gasteiger partial charge in [0.25, 0.3) is 0 Å². The number of nitrogens with zero attached hydrogens (tertiary/aromatic N) is 1. The molecule has 0 unspecified atom stereocenters. The Morgan fingerprint density at radius 1 is 1.35 bits per heavy atom. The van der Waals surface area contributed by atoms with Gasteiger partial charge < -0.3 is 10.7 Å². The maximum atomic E-state index is 13.6. The van der Waals surface area contributed by atoms with Crippen LogP contribution in [0.2, 0.25) is 0 Å². The molecule has 0 amide bonds. The molecule has 0 saturated heterocycles. The standard InChI is InChI=1S/C12H11FN4/c1-6-11(9-5-10(14)17-16-9)7-3-2-4-8(13)12(7)15-6/h2-5,15H,1H3,(H3,14,16,17). The van der Waals surface area contributed by atoms with Crippen molar-refractivity contribution in [3.05, 3.63) is 35.8 Å². The van der Waals surface area contributed by atoms with Gasteiger partial charge in [0.05, 0.1) is 11.2 Å². The molecule has 4 N–H and O–H groups in total. The van der Waals surface area contributed by atoms with Crippen LogP contribution in [0.4, 0.5) is 10.2 Å². The highest BCUT2D eigenvalue weighted by molar-refractivity contribution is 5.97. The number of fused-ring (bicyclic) bond motifs is 1. The smallest absolute Gasteiger partial charge is 0.147 e. The summed E-state index contributed by atoms with van der Waals surface area (Å²) in [5.74, 6) is 0.162.